The Balaban J connectivity index is 1.92. The van der Waals surface area contributed by atoms with Crippen molar-refractivity contribution < 1.29 is 13.9 Å². The summed E-state index contributed by atoms with van der Waals surface area (Å²) in [4.78, 5) is 11.9. The van der Waals surface area contributed by atoms with Crippen LogP contribution >= 0.6 is 15.9 Å². The highest BCUT2D eigenvalue weighted by molar-refractivity contribution is 9.10. The van der Waals surface area contributed by atoms with Gasteiger partial charge in [-0.1, -0.05) is 18.9 Å². The van der Waals surface area contributed by atoms with Gasteiger partial charge in [0.25, 0.3) is 0 Å². The van der Waals surface area contributed by atoms with Gasteiger partial charge in [0.05, 0.1) is 4.47 Å². The summed E-state index contributed by atoms with van der Waals surface area (Å²) >= 11 is 3.17. The number of halogens is 2. The Morgan fingerprint density at radius 1 is 1.33 bits per heavy atom. The molecule has 1 saturated carbocycles. The fourth-order valence-corrected chi connectivity index (χ4v) is 3.21. The number of amides is 1. The van der Waals surface area contributed by atoms with Crippen LogP contribution in [0.4, 0.5) is 9.18 Å². The van der Waals surface area contributed by atoms with Crippen molar-refractivity contribution in [2.45, 2.75) is 64.1 Å². The second-order valence-electron chi connectivity index (χ2n) is 7.44. The van der Waals surface area contributed by atoms with Crippen molar-refractivity contribution in [3.05, 3.63) is 34.1 Å². The monoisotopic (exact) mass is 400 g/mol. The third-order valence-electron chi connectivity index (χ3n) is 4.18. The molecule has 6 heteroatoms. The molecule has 4 nitrogen and oxygen atoms in total. The van der Waals surface area contributed by atoms with Crippen LogP contribution in [0, 0.1) is 5.82 Å². The van der Waals surface area contributed by atoms with Crippen LogP contribution in [0.3, 0.4) is 0 Å². The van der Waals surface area contributed by atoms with Crippen LogP contribution in [0.15, 0.2) is 22.7 Å². The molecular weight excluding hydrogens is 375 g/mol. The topological polar surface area (TPSA) is 50.4 Å². The molecule has 0 saturated heterocycles. The average molecular weight is 401 g/mol. The van der Waals surface area contributed by atoms with Gasteiger partial charge < -0.3 is 15.4 Å². The van der Waals surface area contributed by atoms with E-state index < -0.39 is 11.7 Å². The molecule has 0 atom stereocenters. The van der Waals surface area contributed by atoms with Gasteiger partial charge in [0.2, 0.25) is 0 Å². The number of alkyl carbamates (subject to hydrolysis) is 1. The summed E-state index contributed by atoms with van der Waals surface area (Å²) in [5, 5.41) is 6.40. The number of carbonyl (C=O) groups is 1. The van der Waals surface area contributed by atoms with E-state index in [4.69, 9.17) is 4.74 Å². The second-order valence-corrected chi connectivity index (χ2v) is 8.30. The van der Waals surface area contributed by atoms with Crippen molar-refractivity contribution in [3.8, 4) is 0 Å². The Labute approximate surface area is 151 Å². The molecule has 1 amide bonds. The van der Waals surface area contributed by atoms with E-state index in [0.29, 0.717) is 17.6 Å². The zero-order valence-corrected chi connectivity index (χ0v) is 16.1. The Morgan fingerprint density at radius 2 is 2.00 bits per heavy atom. The van der Waals surface area contributed by atoms with Crippen LogP contribution in [-0.4, -0.2) is 23.8 Å². The maximum absolute atomic E-state index is 13.6. The zero-order chi connectivity index (χ0) is 17.8. The molecule has 1 fully saturated rings. The van der Waals surface area contributed by atoms with Gasteiger partial charge in [-0.2, -0.15) is 0 Å². The largest absolute Gasteiger partial charge is 0.444 e. The molecule has 0 spiro atoms. The number of benzene rings is 1. The lowest BCUT2D eigenvalue weighted by molar-refractivity contribution is 0.0509. The molecule has 0 unspecified atom stereocenters. The van der Waals surface area contributed by atoms with Crippen LogP contribution in [0.25, 0.3) is 0 Å². The normalized spacial score (nSPS) is 16.9. The van der Waals surface area contributed by atoms with Crippen LogP contribution in [0.5, 0.6) is 0 Å². The molecule has 1 aliphatic rings. The fraction of sp³-hybridized carbons (Fsp3) is 0.611. The second kappa shape index (κ2) is 7.83. The van der Waals surface area contributed by atoms with Gasteiger partial charge in [-0.25, -0.2) is 9.18 Å². The van der Waals surface area contributed by atoms with Gasteiger partial charge in [0, 0.05) is 18.6 Å². The van der Waals surface area contributed by atoms with Crippen LogP contribution < -0.4 is 10.6 Å². The first kappa shape index (κ1) is 19.2. The Kier molecular flexibility index (Phi) is 6.26. The molecular formula is C18H26BrFN2O2. The minimum Gasteiger partial charge on any atom is -0.444 e. The summed E-state index contributed by atoms with van der Waals surface area (Å²) in [6.45, 7) is 6.62. The van der Waals surface area contributed by atoms with Crippen LogP contribution in [0.2, 0.25) is 0 Å². The first-order valence-electron chi connectivity index (χ1n) is 8.35. The number of hydrogen-bond donors (Lipinski definition) is 2. The molecule has 0 radical (unpaired) electrons. The van der Waals surface area contributed by atoms with Crippen LogP contribution in [-0.2, 0) is 11.3 Å². The maximum atomic E-state index is 13.6. The van der Waals surface area contributed by atoms with Crippen molar-refractivity contribution in [2.24, 2.45) is 0 Å². The first-order chi connectivity index (χ1) is 11.2. The predicted molar refractivity (Wildman–Crippen MR) is 96.4 cm³/mol. The van der Waals surface area contributed by atoms with Gasteiger partial charge in [-0.3, -0.25) is 0 Å². The molecule has 1 aliphatic carbocycles. The molecule has 0 aromatic heterocycles. The first-order valence-corrected chi connectivity index (χ1v) is 9.14. The third kappa shape index (κ3) is 5.74. The maximum Gasteiger partial charge on any atom is 0.407 e. The van der Waals surface area contributed by atoms with Crippen molar-refractivity contribution in [1.82, 2.24) is 10.6 Å². The van der Waals surface area contributed by atoms with Crippen LogP contribution in [0.1, 0.15) is 52.0 Å². The van der Waals surface area contributed by atoms with E-state index in [0.717, 1.165) is 31.2 Å². The van der Waals surface area contributed by atoms with E-state index in [2.05, 4.69) is 26.6 Å². The summed E-state index contributed by atoms with van der Waals surface area (Å²) in [5.41, 5.74) is 0.231. The fourth-order valence-electron chi connectivity index (χ4n) is 2.96. The van der Waals surface area contributed by atoms with Crippen molar-refractivity contribution in [3.63, 3.8) is 0 Å². The zero-order valence-electron chi connectivity index (χ0n) is 14.5. The number of hydrogen-bond acceptors (Lipinski definition) is 3. The number of carbonyl (C=O) groups excluding carboxylic acids is 1. The summed E-state index contributed by atoms with van der Waals surface area (Å²) < 4.78 is 19.4. The van der Waals surface area contributed by atoms with E-state index in [1.54, 1.807) is 6.07 Å². The van der Waals surface area contributed by atoms with E-state index in [1.807, 2.05) is 26.8 Å². The summed E-state index contributed by atoms with van der Waals surface area (Å²) in [5.74, 6) is -0.262. The quantitative estimate of drug-likeness (QED) is 0.763. The highest BCUT2D eigenvalue weighted by atomic mass is 79.9. The van der Waals surface area contributed by atoms with E-state index in [1.165, 1.54) is 6.07 Å². The lowest BCUT2D eigenvalue weighted by Gasteiger charge is -2.31. The van der Waals surface area contributed by atoms with Crippen molar-refractivity contribution in [1.29, 1.82) is 0 Å². The van der Waals surface area contributed by atoms with Gasteiger partial charge in [0.15, 0.2) is 0 Å². The minimum absolute atomic E-state index is 0.152. The average Bonchev–Trinajstić information content (AvgIpc) is 2.94. The smallest absolute Gasteiger partial charge is 0.407 e. The number of nitrogens with one attached hydrogen (secondary N) is 2. The molecule has 1 aromatic carbocycles. The molecule has 24 heavy (non-hydrogen) atoms. The number of rotatable bonds is 5. The van der Waals surface area contributed by atoms with Crippen molar-refractivity contribution in [2.75, 3.05) is 6.54 Å². The molecule has 2 N–H and O–H groups in total. The lowest BCUT2D eigenvalue weighted by atomic mass is 9.97. The predicted octanol–water partition coefficient (Wildman–Crippen LogP) is 4.52. The van der Waals surface area contributed by atoms with Crippen molar-refractivity contribution >= 4 is 22.0 Å². The Hall–Kier alpha value is -1.14. The summed E-state index contributed by atoms with van der Waals surface area (Å²) in [6.07, 6.45) is 3.82. The van der Waals surface area contributed by atoms with E-state index in [-0.39, 0.29) is 11.4 Å². The van der Waals surface area contributed by atoms with E-state index in [9.17, 15) is 9.18 Å². The molecule has 134 valence electrons. The minimum atomic E-state index is -0.505. The van der Waals surface area contributed by atoms with E-state index >= 15 is 0 Å². The Bertz CT molecular complexity index is 581. The molecule has 0 aliphatic heterocycles. The molecule has 2 rings (SSSR count). The SMILES string of the molecule is CC(C)(C)OC(=O)NCC1(NCc2ccc(Br)c(F)c2)CCCC1. The molecule has 0 heterocycles. The summed E-state index contributed by atoms with van der Waals surface area (Å²) in [6, 6.07) is 5.14. The van der Waals surface area contributed by atoms with Gasteiger partial charge in [-0.05, 0) is 67.2 Å². The highest BCUT2D eigenvalue weighted by Crippen LogP contribution is 2.30. The molecule has 1 aromatic rings. The summed E-state index contributed by atoms with van der Waals surface area (Å²) in [7, 11) is 0. The van der Waals surface area contributed by atoms with Gasteiger partial charge in [-0.15, -0.1) is 0 Å². The standard InChI is InChI=1S/C18H26BrFN2O2/c1-17(2,3)24-16(23)21-12-18(8-4-5-9-18)22-11-13-6-7-14(19)15(20)10-13/h6-7,10,22H,4-5,8-9,11-12H2,1-3H3,(H,21,23). The van der Waals surface area contributed by atoms with Gasteiger partial charge >= 0.3 is 6.09 Å². The Morgan fingerprint density at radius 3 is 2.58 bits per heavy atom. The third-order valence-corrected chi connectivity index (χ3v) is 4.83. The number of ether oxygens (including phenoxy) is 1. The van der Waals surface area contributed by atoms with Gasteiger partial charge in [0.1, 0.15) is 11.4 Å². The highest BCUT2D eigenvalue weighted by Gasteiger charge is 2.34. The molecule has 0 bridgehead atoms. The lowest BCUT2D eigenvalue weighted by Crippen LogP contribution is -2.52.